The average molecular weight is 178 g/mol. The van der Waals surface area contributed by atoms with E-state index in [9.17, 15) is 0 Å². The second kappa shape index (κ2) is 7.49. The van der Waals surface area contributed by atoms with Crippen molar-refractivity contribution in [3.8, 4) is 0 Å². The second-order valence-electron chi connectivity index (χ2n) is 2.96. The first kappa shape index (κ1) is 11.8. The third kappa shape index (κ3) is 6.54. The van der Waals surface area contributed by atoms with Gasteiger partial charge in [0.15, 0.2) is 0 Å². The van der Waals surface area contributed by atoms with Crippen molar-refractivity contribution in [1.29, 1.82) is 0 Å². The molecule has 0 spiro atoms. The first-order valence-corrected chi connectivity index (χ1v) is 4.28. The van der Waals surface area contributed by atoms with Crippen LogP contribution in [-0.2, 0) is 0 Å². The van der Waals surface area contributed by atoms with Crippen LogP contribution in [0, 0.1) is 0 Å². The molecule has 0 aromatic heterocycles. The zero-order chi connectivity index (χ0) is 9.40. The topological polar surface area (TPSA) is 80.9 Å². The standard InChI is InChI=1S/C8H18O4/c9-5-7(11)3-1-2-4-8(12)6-10/h7-12H,1-6H2/t7-,8-/m1/s1. The Morgan fingerprint density at radius 2 is 1.08 bits per heavy atom. The summed E-state index contributed by atoms with van der Waals surface area (Å²) < 4.78 is 0. The number of rotatable bonds is 7. The van der Waals surface area contributed by atoms with E-state index in [0.717, 1.165) is 12.8 Å². The minimum atomic E-state index is -0.642. The van der Waals surface area contributed by atoms with Gasteiger partial charge in [0.25, 0.3) is 0 Å². The fraction of sp³-hybridized carbons (Fsp3) is 1.00. The van der Waals surface area contributed by atoms with Crippen molar-refractivity contribution in [2.45, 2.75) is 37.9 Å². The van der Waals surface area contributed by atoms with E-state index in [1.54, 1.807) is 0 Å². The molecule has 12 heavy (non-hydrogen) atoms. The Hall–Kier alpha value is -0.160. The van der Waals surface area contributed by atoms with Gasteiger partial charge in [-0.3, -0.25) is 0 Å². The summed E-state index contributed by atoms with van der Waals surface area (Å²) in [7, 11) is 0. The van der Waals surface area contributed by atoms with Crippen LogP contribution in [0.3, 0.4) is 0 Å². The molecule has 0 aromatic rings. The van der Waals surface area contributed by atoms with Gasteiger partial charge in [-0.1, -0.05) is 12.8 Å². The van der Waals surface area contributed by atoms with Gasteiger partial charge in [0, 0.05) is 0 Å². The van der Waals surface area contributed by atoms with E-state index >= 15 is 0 Å². The summed E-state index contributed by atoms with van der Waals surface area (Å²) in [6.45, 7) is -0.412. The predicted molar refractivity (Wildman–Crippen MR) is 44.7 cm³/mol. The van der Waals surface area contributed by atoms with Gasteiger partial charge in [0.05, 0.1) is 25.4 Å². The van der Waals surface area contributed by atoms with Gasteiger partial charge in [-0.05, 0) is 12.8 Å². The zero-order valence-electron chi connectivity index (χ0n) is 7.19. The van der Waals surface area contributed by atoms with Crippen molar-refractivity contribution in [1.82, 2.24) is 0 Å². The Morgan fingerprint density at radius 1 is 0.750 bits per heavy atom. The van der Waals surface area contributed by atoms with Crippen molar-refractivity contribution < 1.29 is 20.4 Å². The average Bonchev–Trinajstić information content (AvgIpc) is 2.11. The molecule has 0 aliphatic rings. The number of aliphatic hydroxyl groups is 4. The van der Waals surface area contributed by atoms with Crippen LogP contribution in [0.25, 0.3) is 0 Å². The molecular weight excluding hydrogens is 160 g/mol. The van der Waals surface area contributed by atoms with Crippen LogP contribution in [-0.4, -0.2) is 45.8 Å². The summed E-state index contributed by atoms with van der Waals surface area (Å²) in [4.78, 5) is 0. The maximum absolute atomic E-state index is 8.92. The lowest BCUT2D eigenvalue weighted by Crippen LogP contribution is -2.13. The van der Waals surface area contributed by atoms with Gasteiger partial charge in [0.1, 0.15) is 0 Å². The van der Waals surface area contributed by atoms with Crippen molar-refractivity contribution in [3.63, 3.8) is 0 Å². The van der Waals surface area contributed by atoms with Gasteiger partial charge in [-0.25, -0.2) is 0 Å². The molecule has 4 heteroatoms. The molecule has 0 unspecified atom stereocenters. The summed E-state index contributed by atoms with van der Waals surface area (Å²) in [6.07, 6.45) is 1.34. The van der Waals surface area contributed by atoms with E-state index in [2.05, 4.69) is 0 Å². The summed E-state index contributed by atoms with van der Waals surface area (Å²) in [6, 6.07) is 0. The lowest BCUT2D eigenvalue weighted by atomic mass is 10.1. The molecule has 0 radical (unpaired) electrons. The number of aliphatic hydroxyl groups excluding tert-OH is 4. The van der Waals surface area contributed by atoms with Crippen LogP contribution in [0.1, 0.15) is 25.7 Å². The molecule has 0 fully saturated rings. The fourth-order valence-corrected chi connectivity index (χ4v) is 0.942. The fourth-order valence-electron chi connectivity index (χ4n) is 0.942. The van der Waals surface area contributed by atoms with Crippen LogP contribution < -0.4 is 0 Å². The van der Waals surface area contributed by atoms with E-state index in [0.29, 0.717) is 12.8 Å². The predicted octanol–water partition coefficient (Wildman–Crippen LogP) is -0.747. The van der Waals surface area contributed by atoms with Gasteiger partial charge < -0.3 is 20.4 Å². The quantitative estimate of drug-likeness (QED) is 0.387. The molecule has 0 heterocycles. The molecule has 0 rings (SSSR count). The largest absolute Gasteiger partial charge is 0.394 e. The lowest BCUT2D eigenvalue weighted by Gasteiger charge is -2.08. The third-order valence-electron chi connectivity index (χ3n) is 1.75. The van der Waals surface area contributed by atoms with E-state index in [1.165, 1.54) is 0 Å². The van der Waals surface area contributed by atoms with Gasteiger partial charge in [-0.15, -0.1) is 0 Å². The molecule has 74 valence electrons. The van der Waals surface area contributed by atoms with E-state index in [4.69, 9.17) is 20.4 Å². The molecule has 0 bridgehead atoms. The summed E-state index contributed by atoms with van der Waals surface area (Å²) >= 11 is 0. The third-order valence-corrected chi connectivity index (χ3v) is 1.75. The molecular formula is C8H18O4. The number of hydrogen-bond donors (Lipinski definition) is 4. The first-order chi connectivity index (χ1) is 5.70. The number of unbranched alkanes of at least 4 members (excludes halogenated alkanes) is 1. The Balaban J connectivity index is 3.10. The van der Waals surface area contributed by atoms with E-state index in [-0.39, 0.29) is 13.2 Å². The molecule has 0 aliphatic heterocycles. The molecule has 0 saturated heterocycles. The highest BCUT2D eigenvalue weighted by Gasteiger charge is 2.03. The normalized spacial score (nSPS) is 16.0. The Labute approximate surface area is 72.5 Å². The molecule has 4 N–H and O–H groups in total. The summed E-state index contributed by atoms with van der Waals surface area (Å²) in [5.74, 6) is 0. The second-order valence-corrected chi connectivity index (χ2v) is 2.96. The Bertz CT molecular complexity index is 85.1. The van der Waals surface area contributed by atoms with Crippen molar-refractivity contribution in [3.05, 3.63) is 0 Å². The van der Waals surface area contributed by atoms with Gasteiger partial charge in [-0.2, -0.15) is 0 Å². The highest BCUT2D eigenvalue weighted by molar-refractivity contribution is 4.56. The monoisotopic (exact) mass is 178 g/mol. The highest BCUT2D eigenvalue weighted by Crippen LogP contribution is 2.05. The molecule has 2 atom stereocenters. The van der Waals surface area contributed by atoms with Crippen LogP contribution in [0.2, 0.25) is 0 Å². The van der Waals surface area contributed by atoms with Crippen LogP contribution in [0.15, 0.2) is 0 Å². The maximum atomic E-state index is 8.92. The summed E-state index contributed by atoms with van der Waals surface area (Å²) in [5.41, 5.74) is 0. The highest BCUT2D eigenvalue weighted by atomic mass is 16.3. The first-order valence-electron chi connectivity index (χ1n) is 4.28. The molecule has 0 aromatic carbocycles. The number of hydrogen-bond acceptors (Lipinski definition) is 4. The van der Waals surface area contributed by atoms with Crippen molar-refractivity contribution in [2.24, 2.45) is 0 Å². The minimum Gasteiger partial charge on any atom is -0.394 e. The molecule has 4 nitrogen and oxygen atoms in total. The van der Waals surface area contributed by atoms with Crippen molar-refractivity contribution in [2.75, 3.05) is 13.2 Å². The SMILES string of the molecule is OC[C@H](O)CCCC[C@@H](O)CO. The Kier molecular flexibility index (Phi) is 7.39. The smallest absolute Gasteiger partial charge is 0.0770 e. The van der Waals surface area contributed by atoms with Crippen LogP contribution in [0.4, 0.5) is 0 Å². The molecule has 0 saturated carbocycles. The van der Waals surface area contributed by atoms with Crippen molar-refractivity contribution >= 4 is 0 Å². The molecule has 0 amide bonds. The van der Waals surface area contributed by atoms with Gasteiger partial charge in [0.2, 0.25) is 0 Å². The van der Waals surface area contributed by atoms with E-state index in [1.807, 2.05) is 0 Å². The lowest BCUT2D eigenvalue weighted by molar-refractivity contribution is 0.0749. The summed E-state index contributed by atoms with van der Waals surface area (Å²) in [5, 5.41) is 34.7. The minimum absolute atomic E-state index is 0.206. The maximum Gasteiger partial charge on any atom is 0.0770 e. The van der Waals surface area contributed by atoms with Gasteiger partial charge >= 0.3 is 0 Å². The van der Waals surface area contributed by atoms with E-state index < -0.39 is 12.2 Å². The van der Waals surface area contributed by atoms with Crippen LogP contribution >= 0.6 is 0 Å². The zero-order valence-corrected chi connectivity index (χ0v) is 7.19. The Morgan fingerprint density at radius 3 is 1.33 bits per heavy atom. The molecule has 0 aliphatic carbocycles. The van der Waals surface area contributed by atoms with Crippen LogP contribution in [0.5, 0.6) is 0 Å².